The number of morpholine rings is 1. The van der Waals surface area contributed by atoms with Gasteiger partial charge in [-0.05, 0) is 26.0 Å². The van der Waals surface area contributed by atoms with Crippen LogP contribution in [0.2, 0.25) is 0 Å². The van der Waals surface area contributed by atoms with Gasteiger partial charge in [0.2, 0.25) is 5.95 Å². The van der Waals surface area contributed by atoms with Gasteiger partial charge in [-0.15, -0.1) is 0 Å². The molecule has 2 aromatic heterocycles. The van der Waals surface area contributed by atoms with E-state index >= 15 is 0 Å². The van der Waals surface area contributed by atoms with Crippen LogP contribution in [-0.2, 0) is 4.74 Å². The molecule has 11 heteroatoms. The van der Waals surface area contributed by atoms with Crippen LogP contribution in [0, 0.1) is 18.3 Å². The molecule has 5 heterocycles. The molecule has 0 saturated carbocycles. The van der Waals surface area contributed by atoms with Crippen molar-refractivity contribution in [2.24, 2.45) is 5.73 Å². The predicted molar refractivity (Wildman–Crippen MR) is 146 cm³/mol. The van der Waals surface area contributed by atoms with E-state index in [1.54, 1.807) is 12.4 Å². The SMILES string of the molecule is Cc1cc(N2CCN(C[C@H]3CN(c4ccc(C#N)c5nccnc45)C[C@@H](C)O3)CC2)nc(N2CC(N)C2)n1. The maximum Gasteiger partial charge on any atom is 0.227 e. The first-order chi connectivity index (χ1) is 18.5. The number of fused-ring (bicyclic) bond motifs is 1. The summed E-state index contributed by atoms with van der Waals surface area (Å²) in [5.41, 5.74) is 9.92. The standard InChI is InChI=1S/C27H34N10O/c1-18-11-24(33-27(32-18)37-14-21(29)15-37)35-9-7-34(8-10-35)16-22-17-36(13-19(2)38-22)23-4-3-20(12-28)25-26(23)31-6-5-30-25/h3-6,11,19,21-22H,7-10,13-17,29H2,1-2H3/t19-,22+/m1/s1. The minimum absolute atomic E-state index is 0.0798. The number of piperazine rings is 1. The Hall–Kier alpha value is -3.59. The molecule has 0 radical (unpaired) electrons. The van der Waals surface area contributed by atoms with E-state index in [2.05, 4.69) is 53.6 Å². The van der Waals surface area contributed by atoms with Crippen molar-refractivity contribution in [3.05, 3.63) is 41.9 Å². The molecule has 3 aliphatic heterocycles. The number of nitriles is 1. The van der Waals surface area contributed by atoms with E-state index in [1.807, 2.05) is 19.1 Å². The summed E-state index contributed by atoms with van der Waals surface area (Å²) < 4.78 is 6.37. The summed E-state index contributed by atoms with van der Waals surface area (Å²) in [4.78, 5) is 27.8. The minimum atomic E-state index is 0.0798. The highest BCUT2D eigenvalue weighted by Gasteiger charge is 2.31. The number of ether oxygens (including phenoxy) is 1. The zero-order chi connectivity index (χ0) is 26.2. The highest BCUT2D eigenvalue weighted by atomic mass is 16.5. The molecule has 3 aromatic rings. The van der Waals surface area contributed by atoms with Crippen molar-refractivity contribution >= 4 is 28.5 Å². The molecule has 198 valence electrons. The number of rotatable bonds is 5. The van der Waals surface area contributed by atoms with E-state index in [4.69, 9.17) is 15.5 Å². The second kappa shape index (κ2) is 10.3. The van der Waals surface area contributed by atoms with Crippen LogP contribution in [0.4, 0.5) is 17.5 Å². The molecule has 0 amide bonds. The third-order valence-electron chi connectivity index (χ3n) is 7.57. The number of nitrogens with zero attached hydrogens (tertiary/aromatic N) is 9. The number of nitrogens with two attached hydrogens (primary N) is 1. The first kappa shape index (κ1) is 24.7. The van der Waals surface area contributed by atoms with E-state index in [0.29, 0.717) is 11.1 Å². The quantitative estimate of drug-likeness (QED) is 0.527. The molecule has 0 unspecified atom stereocenters. The van der Waals surface area contributed by atoms with Gasteiger partial charge in [-0.2, -0.15) is 10.2 Å². The Morgan fingerprint density at radius 1 is 0.974 bits per heavy atom. The molecule has 0 spiro atoms. The Kier molecular flexibility index (Phi) is 6.69. The monoisotopic (exact) mass is 514 g/mol. The van der Waals surface area contributed by atoms with Gasteiger partial charge in [0.05, 0.1) is 23.5 Å². The van der Waals surface area contributed by atoms with Crippen LogP contribution in [0.15, 0.2) is 30.6 Å². The van der Waals surface area contributed by atoms with Crippen LogP contribution in [0.3, 0.4) is 0 Å². The van der Waals surface area contributed by atoms with Gasteiger partial charge < -0.3 is 25.2 Å². The van der Waals surface area contributed by atoms with Crippen molar-refractivity contribution in [1.29, 1.82) is 5.26 Å². The van der Waals surface area contributed by atoms with Crippen LogP contribution < -0.4 is 20.4 Å². The van der Waals surface area contributed by atoms with Crippen molar-refractivity contribution in [1.82, 2.24) is 24.8 Å². The molecule has 3 saturated heterocycles. The summed E-state index contributed by atoms with van der Waals surface area (Å²) in [5, 5.41) is 9.50. The highest BCUT2D eigenvalue weighted by molar-refractivity contribution is 5.92. The van der Waals surface area contributed by atoms with Crippen LogP contribution in [0.25, 0.3) is 11.0 Å². The van der Waals surface area contributed by atoms with Crippen molar-refractivity contribution < 1.29 is 4.74 Å². The summed E-state index contributed by atoms with van der Waals surface area (Å²) in [5.74, 6) is 1.78. The van der Waals surface area contributed by atoms with Crippen LogP contribution in [-0.4, -0.2) is 102 Å². The van der Waals surface area contributed by atoms with Gasteiger partial charge in [0.25, 0.3) is 0 Å². The average Bonchev–Trinajstić information content (AvgIpc) is 2.90. The molecule has 38 heavy (non-hydrogen) atoms. The van der Waals surface area contributed by atoms with E-state index in [1.165, 1.54) is 0 Å². The number of benzene rings is 1. The Bertz CT molecular complexity index is 1350. The minimum Gasteiger partial charge on any atom is -0.370 e. The first-order valence-electron chi connectivity index (χ1n) is 13.3. The van der Waals surface area contributed by atoms with E-state index in [9.17, 15) is 5.26 Å². The zero-order valence-corrected chi connectivity index (χ0v) is 22.0. The third-order valence-corrected chi connectivity index (χ3v) is 7.57. The second-order valence-electron chi connectivity index (χ2n) is 10.6. The summed E-state index contributed by atoms with van der Waals surface area (Å²) in [6, 6.07) is 8.37. The summed E-state index contributed by atoms with van der Waals surface area (Å²) in [6.07, 6.45) is 3.50. The lowest BCUT2D eigenvalue weighted by atomic mass is 10.1. The number of aryl methyl sites for hydroxylation is 1. The lowest BCUT2D eigenvalue weighted by molar-refractivity contribution is -0.0327. The summed E-state index contributed by atoms with van der Waals surface area (Å²) in [7, 11) is 0. The molecule has 3 fully saturated rings. The molecule has 11 nitrogen and oxygen atoms in total. The lowest BCUT2D eigenvalue weighted by Gasteiger charge is -2.42. The van der Waals surface area contributed by atoms with Gasteiger partial charge >= 0.3 is 0 Å². The fourth-order valence-electron chi connectivity index (χ4n) is 5.69. The van der Waals surface area contributed by atoms with Crippen LogP contribution in [0.5, 0.6) is 0 Å². The molecular formula is C27H34N10O. The van der Waals surface area contributed by atoms with Crippen molar-refractivity contribution in [3.8, 4) is 6.07 Å². The first-order valence-corrected chi connectivity index (χ1v) is 13.3. The lowest BCUT2D eigenvalue weighted by Crippen LogP contribution is -2.56. The van der Waals surface area contributed by atoms with Gasteiger partial charge in [-0.3, -0.25) is 14.9 Å². The highest BCUT2D eigenvalue weighted by Crippen LogP contribution is 2.29. The Morgan fingerprint density at radius 3 is 2.47 bits per heavy atom. The fraction of sp³-hybridized carbons (Fsp3) is 0.519. The Morgan fingerprint density at radius 2 is 1.74 bits per heavy atom. The number of hydrogen-bond acceptors (Lipinski definition) is 11. The van der Waals surface area contributed by atoms with Gasteiger partial charge in [0.15, 0.2) is 0 Å². The van der Waals surface area contributed by atoms with E-state index < -0.39 is 0 Å². The zero-order valence-electron chi connectivity index (χ0n) is 22.0. The molecule has 3 aliphatic rings. The molecular weight excluding hydrogens is 480 g/mol. The van der Waals surface area contributed by atoms with Crippen LogP contribution >= 0.6 is 0 Å². The fourth-order valence-corrected chi connectivity index (χ4v) is 5.69. The summed E-state index contributed by atoms with van der Waals surface area (Å²) in [6.45, 7) is 11.9. The van der Waals surface area contributed by atoms with Gasteiger partial charge in [-0.1, -0.05) is 0 Å². The average molecular weight is 515 g/mol. The van der Waals surface area contributed by atoms with Gasteiger partial charge in [0.1, 0.15) is 22.9 Å². The maximum absolute atomic E-state index is 9.50. The smallest absolute Gasteiger partial charge is 0.227 e. The largest absolute Gasteiger partial charge is 0.370 e. The predicted octanol–water partition coefficient (Wildman–Crippen LogP) is 1.16. The normalized spacial score (nSPS) is 22.9. The van der Waals surface area contributed by atoms with E-state index in [0.717, 1.165) is 87.6 Å². The van der Waals surface area contributed by atoms with E-state index in [-0.39, 0.29) is 18.2 Å². The van der Waals surface area contributed by atoms with Crippen molar-refractivity contribution in [2.75, 3.05) is 73.6 Å². The number of anilines is 3. The van der Waals surface area contributed by atoms with Crippen molar-refractivity contribution in [2.45, 2.75) is 32.1 Å². The molecule has 6 rings (SSSR count). The number of hydrogen-bond donors (Lipinski definition) is 1. The topological polar surface area (TPSA) is 124 Å². The molecule has 2 atom stereocenters. The Labute approximate surface area is 222 Å². The number of aromatic nitrogens is 4. The Balaban J connectivity index is 1.10. The van der Waals surface area contributed by atoms with Crippen LogP contribution in [0.1, 0.15) is 18.2 Å². The second-order valence-corrected chi connectivity index (χ2v) is 10.6. The molecule has 0 bridgehead atoms. The summed E-state index contributed by atoms with van der Waals surface area (Å²) >= 11 is 0. The molecule has 2 N–H and O–H groups in total. The third kappa shape index (κ3) is 4.95. The van der Waals surface area contributed by atoms with Crippen molar-refractivity contribution in [3.63, 3.8) is 0 Å². The molecule has 1 aromatic carbocycles. The van der Waals surface area contributed by atoms with Gasteiger partial charge in [-0.25, -0.2) is 4.98 Å². The molecule has 0 aliphatic carbocycles. The van der Waals surface area contributed by atoms with Gasteiger partial charge in [0, 0.05) is 89.1 Å². The maximum atomic E-state index is 9.50.